The molecule has 0 atom stereocenters. The van der Waals surface area contributed by atoms with Gasteiger partial charge in [0.15, 0.2) is 0 Å². The summed E-state index contributed by atoms with van der Waals surface area (Å²) >= 11 is 1.07. The molecular weight excluding hydrogens is 354 g/mol. The van der Waals surface area contributed by atoms with Crippen LogP contribution in [0.2, 0.25) is 0 Å². The maximum atomic E-state index is 12.4. The van der Waals surface area contributed by atoms with E-state index in [4.69, 9.17) is 4.74 Å². The van der Waals surface area contributed by atoms with E-state index in [1.807, 2.05) is 0 Å². The summed E-state index contributed by atoms with van der Waals surface area (Å²) in [6, 6.07) is 6.78. The molecule has 128 valence electrons. The normalized spacial score (nSPS) is 10.9. The van der Waals surface area contributed by atoms with Gasteiger partial charge in [0, 0.05) is 0 Å². The minimum absolute atomic E-state index is 0.0439. The number of rotatable bonds is 6. The molecule has 1 aromatic heterocycles. The van der Waals surface area contributed by atoms with E-state index in [-0.39, 0.29) is 27.6 Å². The quantitative estimate of drug-likeness (QED) is 0.786. The fourth-order valence-electron chi connectivity index (χ4n) is 1.83. The molecule has 9 heteroatoms. The van der Waals surface area contributed by atoms with Gasteiger partial charge in [0.1, 0.15) is 4.88 Å². The maximum absolute atomic E-state index is 12.4. The molecule has 24 heavy (non-hydrogen) atoms. The number of hydrogen-bond donors (Lipinski definition) is 1. The summed E-state index contributed by atoms with van der Waals surface area (Å²) < 4.78 is 36.6. The lowest BCUT2D eigenvalue weighted by Crippen LogP contribution is -2.15. The lowest BCUT2D eigenvalue weighted by atomic mass is 10.2. The Morgan fingerprint density at radius 2 is 1.79 bits per heavy atom. The molecule has 0 aliphatic rings. The molecule has 0 unspecified atom stereocenters. The molecule has 1 aromatic carbocycles. The highest BCUT2D eigenvalue weighted by Crippen LogP contribution is 2.26. The average molecular weight is 369 g/mol. The molecule has 1 N–H and O–H groups in total. The van der Waals surface area contributed by atoms with E-state index in [1.165, 1.54) is 37.4 Å². The molecule has 2 rings (SSSR count). The third kappa shape index (κ3) is 3.92. The summed E-state index contributed by atoms with van der Waals surface area (Å²) in [5, 5.41) is 1.58. The highest BCUT2D eigenvalue weighted by molar-refractivity contribution is 7.92. The van der Waals surface area contributed by atoms with Crippen molar-refractivity contribution in [2.45, 2.75) is 11.8 Å². The number of hydrogen-bond acceptors (Lipinski definition) is 7. The van der Waals surface area contributed by atoms with Crippen LogP contribution in [0.1, 0.15) is 27.0 Å². The Morgan fingerprint density at radius 3 is 2.38 bits per heavy atom. The van der Waals surface area contributed by atoms with Crippen molar-refractivity contribution < 1.29 is 27.5 Å². The summed E-state index contributed by atoms with van der Waals surface area (Å²) in [5.41, 5.74) is 0.392. The van der Waals surface area contributed by atoms with Crippen LogP contribution in [0, 0.1) is 0 Å². The van der Waals surface area contributed by atoms with Crippen molar-refractivity contribution in [3.05, 3.63) is 46.2 Å². The predicted molar refractivity (Wildman–Crippen MR) is 88.9 cm³/mol. The third-order valence-electron chi connectivity index (χ3n) is 2.96. The number of methoxy groups -OCH3 is 1. The Balaban J connectivity index is 2.24. The van der Waals surface area contributed by atoms with Crippen molar-refractivity contribution in [3.8, 4) is 0 Å². The van der Waals surface area contributed by atoms with Gasteiger partial charge in [-0.3, -0.25) is 4.72 Å². The van der Waals surface area contributed by atoms with Gasteiger partial charge in [-0.25, -0.2) is 18.0 Å². The molecule has 1 heterocycles. The van der Waals surface area contributed by atoms with Gasteiger partial charge in [0.05, 0.1) is 29.9 Å². The number of anilines is 1. The van der Waals surface area contributed by atoms with Crippen LogP contribution in [0.5, 0.6) is 0 Å². The number of carbonyl (C=O) groups excluding carboxylic acids is 2. The fraction of sp³-hybridized carbons (Fsp3) is 0.200. The van der Waals surface area contributed by atoms with Crippen molar-refractivity contribution in [1.29, 1.82) is 0 Å². The Hall–Kier alpha value is -2.39. The van der Waals surface area contributed by atoms with Gasteiger partial charge in [0.25, 0.3) is 10.0 Å². The van der Waals surface area contributed by atoms with Gasteiger partial charge in [-0.05, 0) is 42.6 Å². The Kier molecular flexibility index (Phi) is 5.58. The van der Waals surface area contributed by atoms with Gasteiger partial charge < -0.3 is 9.47 Å². The summed E-state index contributed by atoms with van der Waals surface area (Å²) in [7, 11) is -2.69. The van der Waals surface area contributed by atoms with Gasteiger partial charge in [-0.15, -0.1) is 11.3 Å². The largest absolute Gasteiger partial charge is 0.465 e. The highest BCUT2D eigenvalue weighted by Gasteiger charge is 2.20. The second kappa shape index (κ2) is 7.45. The van der Waals surface area contributed by atoms with Crippen molar-refractivity contribution in [2.24, 2.45) is 0 Å². The third-order valence-corrected chi connectivity index (χ3v) is 5.23. The summed E-state index contributed by atoms with van der Waals surface area (Å²) in [6.45, 7) is 1.91. The van der Waals surface area contributed by atoms with Crippen LogP contribution < -0.4 is 4.72 Å². The van der Waals surface area contributed by atoms with Crippen LogP contribution in [-0.2, 0) is 19.5 Å². The van der Waals surface area contributed by atoms with Gasteiger partial charge in [0.2, 0.25) is 0 Å². The molecule has 0 amide bonds. The zero-order chi connectivity index (χ0) is 17.7. The maximum Gasteiger partial charge on any atom is 0.350 e. The molecule has 0 spiro atoms. The van der Waals surface area contributed by atoms with Crippen LogP contribution in [0.15, 0.2) is 40.6 Å². The zero-order valence-corrected chi connectivity index (χ0v) is 14.6. The van der Waals surface area contributed by atoms with Crippen LogP contribution in [0.25, 0.3) is 0 Å². The minimum Gasteiger partial charge on any atom is -0.465 e. The van der Waals surface area contributed by atoms with Gasteiger partial charge >= 0.3 is 11.9 Å². The Bertz CT molecular complexity index is 839. The second-order valence-corrected chi connectivity index (χ2v) is 7.10. The van der Waals surface area contributed by atoms with E-state index in [0.717, 1.165) is 11.3 Å². The van der Waals surface area contributed by atoms with Crippen LogP contribution >= 0.6 is 11.3 Å². The van der Waals surface area contributed by atoms with Crippen LogP contribution in [0.4, 0.5) is 5.69 Å². The van der Waals surface area contributed by atoms with Crippen molar-refractivity contribution in [1.82, 2.24) is 0 Å². The smallest absolute Gasteiger partial charge is 0.350 e. The molecule has 0 bridgehead atoms. The molecule has 0 aliphatic heterocycles. The summed E-state index contributed by atoms with van der Waals surface area (Å²) in [4.78, 5) is 23.3. The van der Waals surface area contributed by atoms with Crippen molar-refractivity contribution in [3.63, 3.8) is 0 Å². The lowest BCUT2D eigenvalue weighted by molar-refractivity contribution is 0.0525. The van der Waals surface area contributed by atoms with E-state index in [0.29, 0.717) is 0 Å². The number of nitrogens with one attached hydrogen (secondary N) is 1. The lowest BCUT2D eigenvalue weighted by Gasteiger charge is -2.09. The SMILES string of the molecule is CCOC(=O)c1ccc(S(=O)(=O)Nc2ccsc2C(=O)OC)cc1. The van der Waals surface area contributed by atoms with Crippen LogP contribution in [-0.4, -0.2) is 34.1 Å². The number of carbonyl (C=O) groups is 2. The zero-order valence-electron chi connectivity index (χ0n) is 12.9. The first-order valence-corrected chi connectivity index (χ1v) is 9.21. The number of ether oxygens (including phenoxy) is 2. The fourth-order valence-corrected chi connectivity index (χ4v) is 3.73. The molecule has 0 saturated carbocycles. The molecule has 0 saturated heterocycles. The number of benzene rings is 1. The van der Waals surface area contributed by atoms with Gasteiger partial charge in [-0.1, -0.05) is 0 Å². The molecule has 0 aliphatic carbocycles. The predicted octanol–water partition coefficient (Wildman–Crippen LogP) is 2.51. The van der Waals surface area contributed by atoms with E-state index in [2.05, 4.69) is 9.46 Å². The number of sulfonamides is 1. The summed E-state index contributed by atoms with van der Waals surface area (Å²) in [6.07, 6.45) is 0. The minimum atomic E-state index is -3.91. The Labute approximate surface area is 143 Å². The first kappa shape index (κ1) is 18.0. The molecule has 0 fully saturated rings. The highest BCUT2D eigenvalue weighted by atomic mass is 32.2. The first-order valence-electron chi connectivity index (χ1n) is 6.85. The van der Waals surface area contributed by atoms with Crippen molar-refractivity contribution in [2.75, 3.05) is 18.4 Å². The average Bonchev–Trinajstić information content (AvgIpc) is 3.02. The first-order chi connectivity index (χ1) is 11.4. The standard InChI is InChI=1S/C15H15NO6S2/c1-3-22-14(17)10-4-6-11(7-5-10)24(19,20)16-12-8-9-23-13(12)15(18)21-2/h4-9,16H,3H2,1-2H3. The molecule has 7 nitrogen and oxygen atoms in total. The number of thiophene rings is 1. The Morgan fingerprint density at radius 1 is 1.12 bits per heavy atom. The van der Waals surface area contributed by atoms with Crippen molar-refractivity contribution >= 4 is 39.0 Å². The van der Waals surface area contributed by atoms with Crippen LogP contribution in [0.3, 0.4) is 0 Å². The van der Waals surface area contributed by atoms with Gasteiger partial charge in [-0.2, -0.15) is 0 Å². The van der Waals surface area contributed by atoms with E-state index >= 15 is 0 Å². The monoisotopic (exact) mass is 369 g/mol. The number of esters is 2. The summed E-state index contributed by atoms with van der Waals surface area (Å²) in [5.74, 6) is -1.15. The topological polar surface area (TPSA) is 98.8 Å². The van der Waals surface area contributed by atoms with E-state index in [1.54, 1.807) is 12.3 Å². The van der Waals surface area contributed by atoms with E-state index in [9.17, 15) is 18.0 Å². The molecule has 2 aromatic rings. The second-order valence-electron chi connectivity index (χ2n) is 4.51. The molecule has 0 radical (unpaired) electrons. The van der Waals surface area contributed by atoms with E-state index < -0.39 is 22.0 Å². The molecular formula is C15H15NO6S2.